The zero-order valence-electron chi connectivity index (χ0n) is 13.2. The number of esters is 1. The fourth-order valence-corrected chi connectivity index (χ4v) is 2.01. The molecule has 126 valence electrons. The number of halogens is 1. The fraction of sp³-hybridized carbons (Fsp3) is 0.438. The third kappa shape index (κ3) is 6.46. The molecule has 0 saturated carbocycles. The van der Waals surface area contributed by atoms with E-state index in [1.54, 1.807) is 13.8 Å². The van der Waals surface area contributed by atoms with Gasteiger partial charge in [-0.1, -0.05) is 19.1 Å². The molecule has 0 aromatic heterocycles. The lowest BCUT2D eigenvalue weighted by Gasteiger charge is -2.18. The second kappa shape index (κ2) is 8.87. The summed E-state index contributed by atoms with van der Waals surface area (Å²) in [7, 11) is 0. The maximum atomic E-state index is 12.8. The lowest BCUT2D eigenvalue weighted by Crippen LogP contribution is -2.46. The molecular formula is C16H21FN2O4. The minimum Gasteiger partial charge on any atom is -0.466 e. The van der Waals surface area contributed by atoms with Crippen LogP contribution in [-0.2, 0) is 25.5 Å². The largest absolute Gasteiger partial charge is 0.466 e. The van der Waals surface area contributed by atoms with Crippen LogP contribution in [0.5, 0.6) is 0 Å². The molecule has 0 radical (unpaired) electrons. The Balaban J connectivity index is 2.61. The summed E-state index contributed by atoms with van der Waals surface area (Å²) in [5.74, 6) is -2.58. The smallest absolute Gasteiger partial charge is 0.308 e. The van der Waals surface area contributed by atoms with Crippen molar-refractivity contribution in [3.8, 4) is 0 Å². The third-order valence-electron chi connectivity index (χ3n) is 3.23. The normalized spacial score (nSPS) is 13.0. The summed E-state index contributed by atoms with van der Waals surface area (Å²) < 4.78 is 17.7. The summed E-state index contributed by atoms with van der Waals surface area (Å²) in [6.07, 6.45) is 0.0428. The SMILES string of the molecule is CCOC(=O)[C@@H](C)C[C@H](NC(=O)Cc1ccc(F)cc1)C(N)=O. The average Bonchev–Trinajstić information content (AvgIpc) is 2.49. The van der Waals surface area contributed by atoms with Crippen molar-refractivity contribution in [3.63, 3.8) is 0 Å². The molecule has 6 nitrogen and oxygen atoms in total. The number of primary amides is 1. The van der Waals surface area contributed by atoms with Gasteiger partial charge in [-0.15, -0.1) is 0 Å². The van der Waals surface area contributed by atoms with Crippen molar-refractivity contribution in [1.82, 2.24) is 5.32 Å². The Morgan fingerprint density at radius 2 is 1.87 bits per heavy atom. The van der Waals surface area contributed by atoms with Crippen LogP contribution in [0.15, 0.2) is 24.3 Å². The predicted molar refractivity (Wildman–Crippen MR) is 81.6 cm³/mol. The van der Waals surface area contributed by atoms with Gasteiger partial charge in [-0.2, -0.15) is 0 Å². The lowest BCUT2D eigenvalue weighted by atomic mass is 10.0. The summed E-state index contributed by atoms with van der Waals surface area (Å²) in [6, 6.07) is 4.49. The summed E-state index contributed by atoms with van der Waals surface area (Å²) >= 11 is 0. The number of ether oxygens (including phenoxy) is 1. The van der Waals surface area contributed by atoms with Crippen molar-refractivity contribution in [2.75, 3.05) is 6.61 Å². The van der Waals surface area contributed by atoms with Crippen LogP contribution >= 0.6 is 0 Å². The van der Waals surface area contributed by atoms with Crippen molar-refractivity contribution in [1.29, 1.82) is 0 Å². The van der Waals surface area contributed by atoms with Gasteiger partial charge in [0.2, 0.25) is 11.8 Å². The minimum absolute atomic E-state index is 0.0160. The predicted octanol–water partition coefficient (Wildman–Crippen LogP) is 0.928. The van der Waals surface area contributed by atoms with E-state index < -0.39 is 35.6 Å². The molecule has 1 aromatic carbocycles. The molecule has 0 fully saturated rings. The van der Waals surface area contributed by atoms with Crippen molar-refractivity contribution < 1.29 is 23.5 Å². The van der Waals surface area contributed by atoms with Gasteiger partial charge in [0.15, 0.2) is 0 Å². The molecule has 0 aliphatic rings. The first-order chi connectivity index (χ1) is 10.8. The first-order valence-electron chi connectivity index (χ1n) is 7.33. The molecule has 23 heavy (non-hydrogen) atoms. The molecule has 1 rings (SSSR count). The molecule has 3 N–H and O–H groups in total. The Hall–Kier alpha value is -2.44. The van der Waals surface area contributed by atoms with E-state index in [2.05, 4.69) is 5.32 Å². The monoisotopic (exact) mass is 324 g/mol. The number of benzene rings is 1. The molecule has 7 heteroatoms. The molecule has 0 saturated heterocycles. The third-order valence-corrected chi connectivity index (χ3v) is 3.23. The van der Waals surface area contributed by atoms with Crippen molar-refractivity contribution in [2.24, 2.45) is 11.7 Å². The highest BCUT2D eigenvalue weighted by atomic mass is 19.1. The maximum absolute atomic E-state index is 12.8. The minimum atomic E-state index is -0.970. The highest BCUT2D eigenvalue weighted by molar-refractivity contribution is 5.88. The number of carbonyl (C=O) groups excluding carboxylic acids is 3. The number of rotatable bonds is 8. The summed E-state index contributed by atoms with van der Waals surface area (Å²) in [5.41, 5.74) is 5.87. The number of hydrogen-bond donors (Lipinski definition) is 2. The van der Waals surface area contributed by atoms with E-state index in [1.165, 1.54) is 24.3 Å². The van der Waals surface area contributed by atoms with Gasteiger partial charge in [-0.25, -0.2) is 4.39 Å². The van der Waals surface area contributed by atoms with Crippen molar-refractivity contribution in [2.45, 2.75) is 32.7 Å². The van der Waals surface area contributed by atoms with Gasteiger partial charge in [0.25, 0.3) is 0 Å². The molecular weight excluding hydrogens is 303 g/mol. The molecule has 2 amide bonds. The van der Waals surface area contributed by atoms with Gasteiger partial charge < -0.3 is 15.8 Å². The van der Waals surface area contributed by atoms with Gasteiger partial charge in [0.1, 0.15) is 11.9 Å². The van der Waals surface area contributed by atoms with Crippen LogP contribution in [0.4, 0.5) is 4.39 Å². The Morgan fingerprint density at radius 1 is 1.26 bits per heavy atom. The highest BCUT2D eigenvalue weighted by Crippen LogP contribution is 2.09. The Labute approximate surface area is 134 Å². The first-order valence-corrected chi connectivity index (χ1v) is 7.33. The van der Waals surface area contributed by atoms with Crippen molar-refractivity contribution in [3.05, 3.63) is 35.6 Å². The van der Waals surface area contributed by atoms with Gasteiger partial charge in [0.05, 0.1) is 18.9 Å². The van der Waals surface area contributed by atoms with E-state index in [0.717, 1.165) is 0 Å². The van der Waals surface area contributed by atoms with E-state index in [0.29, 0.717) is 5.56 Å². The standard InChI is InChI=1S/C16H21FN2O4/c1-3-23-16(22)10(2)8-13(15(18)21)19-14(20)9-11-4-6-12(17)7-5-11/h4-7,10,13H,3,8-9H2,1-2H3,(H2,18,21)(H,19,20)/t10-,13-/m0/s1. The second-order valence-corrected chi connectivity index (χ2v) is 5.21. The van der Waals surface area contributed by atoms with E-state index in [4.69, 9.17) is 10.5 Å². The molecule has 0 spiro atoms. The summed E-state index contributed by atoms with van der Waals surface area (Å²) in [5, 5.41) is 2.49. The van der Waals surface area contributed by atoms with Gasteiger partial charge in [0, 0.05) is 0 Å². The molecule has 0 bridgehead atoms. The zero-order valence-corrected chi connectivity index (χ0v) is 13.2. The first kappa shape index (κ1) is 18.6. The maximum Gasteiger partial charge on any atom is 0.308 e. The van der Waals surface area contributed by atoms with Crippen LogP contribution in [0.3, 0.4) is 0 Å². The average molecular weight is 324 g/mol. The molecule has 0 aliphatic heterocycles. The van der Waals surface area contributed by atoms with E-state index in [-0.39, 0.29) is 19.4 Å². The van der Waals surface area contributed by atoms with Crippen LogP contribution in [0.25, 0.3) is 0 Å². The fourth-order valence-electron chi connectivity index (χ4n) is 2.01. The van der Waals surface area contributed by atoms with Crippen LogP contribution < -0.4 is 11.1 Å². The zero-order chi connectivity index (χ0) is 17.4. The summed E-state index contributed by atoms with van der Waals surface area (Å²) in [6.45, 7) is 3.52. The van der Waals surface area contributed by atoms with Crippen molar-refractivity contribution >= 4 is 17.8 Å². The van der Waals surface area contributed by atoms with E-state index in [9.17, 15) is 18.8 Å². The van der Waals surface area contributed by atoms with E-state index in [1.807, 2.05) is 0 Å². The van der Waals surface area contributed by atoms with Crippen LogP contribution in [-0.4, -0.2) is 30.4 Å². The molecule has 1 aromatic rings. The molecule has 0 aliphatic carbocycles. The number of hydrogen-bond acceptors (Lipinski definition) is 4. The Bertz CT molecular complexity index is 560. The molecule has 0 heterocycles. The number of amides is 2. The van der Waals surface area contributed by atoms with Crippen LogP contribution in [0.1, 0.15) is 25.8 Å². The van der Waals surface area contributed by atoms with Gasteiger partial charge in [-0.05, 0) is 31.0 Å². The van der Waals surface area contributed by atoms with Gasteiger partial charge >= 0.3 is 5.97 Å². The number of nitrogens with two attached hydrogens (primary N) is 1. The highest BCUT2D eigenvalue weighted by Gasteiger charge is 2.25. The lowest BCUT2D eigenvalue weighted by molar-refractivity contribution is -0.148. The number of carbonyl (C=O) groups is 3. The molecule has 2 atom stereocenters. The molecule has 0 unspecified atom stereocenters. The quantitative estimate of drug-likeness (QED) is 0.695. The van der Waals surface area contributed by atoms with Crippen LogP contribution in [0, 0.1) is 11.7 Å². The topological polar surface area (TPSA) is 98.5 Å². The Kier molecular flexibility index (Phi) is 7.18. The van der Waals surface area contributed by atoms with Gasteiger partial charge in [-0.3, -0.25) is 14.4 Å². The Morgan fingerprint density at radius 3 is 2.39 bits per heavy atom. The number of nitrogens with one attached hydrogen (secondary N) is 1. The van der Waals surface area contributed by atoms with E-state index >= 15 is 0 Å². The summed E-state index contributed by atoms with van der Waals surface area (Å²) in [4.78, 5) is 35.0. The second-order valence-electron chi connectivity index (χ2n) is 5.21. The van der Waals surface area contributed by atoms with Crippen LogP contribution in [0.2, 0.25) is 0 Å².